The van der Waals surface area contributed by atoms with E-state index in [4.69, 9.17) is 0 Å². The Morgan fingerprint density at radius 1 is 1.11 bits per heavy atom. The van der Waals surface area contributed by atoms with Gasteiger partial charge in [0.15, 0.2) is 11.6 Å². The first-order valence-corrected chi connectivity index (χ1v) is 5.56. The van der Waals surface area contributed by atoms with Gasteiger partial charge in [0.1, 0.15) is 6.10 Å². The summed E-state index contributed by atoms with van der Waals surface area (Å²) in [7, 11) is 0. The molecular formula is C14H13F2NO. The summed E-state index contributed by atoms with van der Waals surface area (Å²) >= 11 is 0. The molecule has 0 radical (unpaired) electrons. The first-order chi connectivity index (χ1) is 8.50. The first-order valence-electron chi connectivity index (χ1n) is 5.56. The number of halogens is 2. The van der Waals surface area contributed by atoms with Gasteiger partial charge in [-0.15, -0.1) is 0 Å². The average molecular weight is 249 g/mol. The summed E-state index contributed by atoms with van der Waals surface area (Å²) in [4.78, 5) is 3.97. The molecule has 0 aliphatic rings. The van der Waals surface area contributed by atoms with Crippen LogP contribution >= 0.6 is 0 Å². The molecule has 18 heavy (non-hydrogen) atoms. The molecule has 1 heterocycles. The quantitative estimate of drug-likeness (QED) is 0.887. The predicted molar refractivity (Wildman–Crippen MR) is 64.1 cm³/mol. The van der Waals surface area contributed by atoms with Crippen molar-refractivity contribution in [3.8, 4) is 0 Å². The van der Waals surface area contributed by atoms with E-state index in [9.17, 15) is 13.9 Å². The van der Waals surface area contributed by atoms with Crippen LogP contribution < -0.4 is 0 Å². The summed E-state index contributed by atoms with van der Waals surface area (Å²) in [5, 5.41) is 10.0. The molecule has 0 amide bonds. The molecule has 2 rings (SSSR count). The Bertz CT molecular complexity index is 584. The van der Waals surface area contributed by atoms with Gasteiger partial charge in [-0.05, 0) is 37.1 Å². The van der Waals surface area contributed by atoms with E-state index in [2.05, 4.69) is 4.98 Å². The van der Waals surface area contributed by atoms with Crippen LogP contribution in [-0.2, 0) is 0 Å². The van der Waals surface area contributed by atoms with Crippen molar-refractivity contribution in [2.24, 2.45) is 0 Å². The molecule has 0 saturated heterocycles. The number of benzene rings is 1. The highest BCUT2D eigenvalue weighted by Crippen LogP contribution is 2.26. The van der Waals surface area contributed by atoms with Crippen molar-refractivity contribution >= 4 is 0 Å². The van der Waals surface area contributed by atoms with E-state index < -0.39 is 17.7 Å². The molecule has 2 aromatic rings. The van der Waals surface area contributed by atoms with Gasteiger partial charge in [-0.3, -0.25) is 4.98 Å². The molecule has 0 aliphatic heterocycles. The fourth-order valence-corrected chi connectivity index (χ4v) is 1.74. The van der Waals surface area contributed by atoms with Crippen LogP contribution in [0.25, 0.3) is 0 Å². The van der Waals surface area contributed by atoms with Gasteiger partial charge < -0.3 is 5.11 Å². The van der Waals surface area contributed by atoms with Gasteiger partial charge in [0.05, 0.1) is 5.69 Å². The number of hydrogen-bond acceptors (Lipinski definition) is 2. The monoisotopic (exact) mass is 249 g/mol. The van der Waals surface area contributed by atoms with Gasteiger partial charge in [-0.25, -0.2) is 8.78 Å². The third kappa shape index (κ3) is 2.24. The maximum atomic E-state index is 13.7. The summed E-state index contributed by atoms with van der Waals surface area (Å²) in [5.41, 5.74) is 1.31. The van der Waals surface area contributed by atoms with Crippen molar-refractivity contribution in [2.75, 3.05) is 0 Å². The zero-order chi connectivity index (χ0) is 13.3. The second kappa shape index (κ2) is 4.82. The van der Waals surface area contributed by atoms with E-state index in [-0.39, 0.29) is 11.1 Å². The second-order valence-corrected chi connectivity index (χ2v) is 4.26. The zero-order valence-electron chi connectivity index (χ0n) is 10.1. The number of hydrogen-bond donors (Lipinski definition) is 1. The molecule has 1 atom stereocenters. The number of rotatable bonds is 2. The van der Waals surface area contributed by atoms with Gasteiger partial charge in [-0.1, -0.05) is 12.1 Å². The van der Waals surface area contributed by atoms with Gasteiger partial charge in [-0.2, -0.15) is 0 Å². The van der Waals surface area contributed by atoms with Crippen molar-refractivity contribution in [3.63, 3.8) is 0 Å². The van der Waals surface area contributed by atoms with Crippen molar-refractivity contribution in [1.29, 1.82) is 0 Å². The zero-order valence-corrected chi connectivity index (χ0v) is 10.1. The Balaban J connectivity index is 2.46. The van der Waals surface area contributed by atoms with E-state index in [0.717, 1.165) is 5.56 Å². The fraction of sp³-hybridized carbons (Fsp3) is 0.214. The summed E-state index contributed by atoms with van der Waals surface area (Å²) < 4.78 is 27.2. The molecule has 1 aromatic carbocycles. The van der Waals surface area contributed by atoms with E-state index >= 15 is 0 Å². The Hall–Kier alpha value is -1.81. The minimum absolute atomic E-state index is 0.101. The number of pyridine rings is 1. The third-order valence-electron chi connectivity index (χ3n) is 2.82. The molecular weight excluding hydrogens is 236 g/mol. The van der Waals surface area contributed by atoms with E-state index in [0.29, 0.717) is 5.69 Å². The van der Waals surface area contributed by atoms with Crippen molar-refractivity contribution in [3.05, 3.63) is 64.5 Å². The van der Waals surface area contributed by atoms with Crippen molar-refractivity contribution in [1.82, 2.24) is 4.98 Å². The minimum Gasteiger partial charge on any atom is -0.382 e. The van der Waals surface area contributed by atoms with Crippen molar-refractivity contribution in [2.45, 2.75) is 20.0 Å². The number of aromatic nitrogens is 1. The van der Waals surface area contributed by atoms with Crippen LogP contribution in [0.3, 0.4) is 0 Å². The molecule has 0 fully saturated rings. The Morgan fingerprint density at radius 2 is 1.83 bits per heavy atom. The Kier molecular flexibility index (Phi) is 3.39. The van der Waals surface area contributed by atoms with Crippen LogP contribution in [-0.4, -0.2) is 10.1 Å². The largest absolute Gasteiger partial charge is 0.382 e. The number of aliphatic hydroxyl groups excluding tert-OH is 1. The molecule has 1 unspecified atom stereocenters. The lowest BCUT2D eigenvalue weighted by Crippen LogP contribution is -2.07. The van der Waals surface area contributed by atoms with Crippen LogP contribution in [0.4, 0.5) is 8.78 Å². The SMILES string of the molecule is Cc1ccnc(C(O)c2ccc(C)c(F)c2F)c1. The van der Waals surface area contributed by atoms with Gasteiger partial charge in [0.2, 0.25) is 0 Å². The molecule has 4 heteroatoms. The third-order valence-corrected chi connectivity index (χ3v) is 2.82. The molecule has 1 aromatic heterocycles. The summed E-state index contributed by atoms with van der Waals surface area (Å²) in [5.74, 6) is -1.95. The predicted octanol–water partition coefficient (Wildman–Crippen LogP) is 3.06. The maximum Gasteiger partial charge on any atom is 0.165 e. The fourth-order valence-electron chi connectivity index (χ4n) is 1.74. The van der Waals surface area contributed by atoms with Gasteiger partial charge in [0.25, 0.3) is 0 Å². The van der Waals surface area contributed by atoms with E-state index in [1.165, 1.54) is 25.3 Å². The topological polar surface area (TPSA) is 33.1 Å². The highest BCUT2D eigenvalue weighted by molar-refractivity contribution is 5.32. The minimum atomic E-state index is -1.26. The lowest BCUT2D eigenvalue weighted by molar-refractivity contribution is 0.208. The highest BCUT2D eigenvalue weighted by atomic mass is 19.2. The standard InChI is InChI=1S/C14H13F2NO/c1-8-5-6-17-11(7-8)14(18)10-4-3-9(2)12(15)13(10)16/h3-7,14,18H,1-2H3. The molecule has 0 spiro atoms. The molecule has 2 nitrogen and oxygen atoms in total. The van der Waals surface area contributed by atoms with Crippen LogP contribution in [0.5, 0.6) is 0 Å². The van der Waals surface area contributed by atoms with Crippen LogP contribution in [0.2, 0.25) is 0 Å². The average Bonchev–Trinajstić information content (AvgIpc) is 2.35. The Labute approximate surface area is 104 Å². The van der Waals surface area contributed by atoms with Gasteiger partial charge in [0, 0.05) is 11.8 Å². The maximum absolute atomic E-state index is 13.7. The Morgan fingerprint density at radius 3 is 2.50 bits per heavy atom. The van der Waals surface area contributed by atoms with Crippen molar-refractivity contribution < 1.29 is 13.9 Å². The molecule has 0 bridgehead atoms. The first kappa shape index (κ1) is 12.6. The van der Waals surface area contributed by atoms with Crippen LogP contribution in [0, 0.1) is 25.5 Å². The van der Waals surface area contributed by atoms with Gasteiger partial charge >= 0.3 is 0 Å². The highest BCUT2D eigenvalue weighted by Gasteiger charge is 2.20. The second-order valence-electron chi connectivity index (χ2n) is 4.26. The molecule has 1 N–H and O–H groups in total. The summed E-state index contributed by atoms with van der Waals surface area (Å²) in [6.45, 7) is 3.31. The van der Waals surface area contributed by atoms with Crippen LogP contribution in [0.1, 0.15) is 28.5 Å². The summed E-state index contributed by atoms with van der Waals surface area (Å²) in [6.07, 6.45) is 0.260. The molecule has 94 valence electrons. The number of nitrogens with zero attached hydrogens (tertiary/aromatic N) is 1. The smallest absolute Gasteiger partial charge is 0.165 e. The summed E-state index contributed by atoms with van der Waals surface area (Å²) in [6, 6.07) is 6.22. The van der Waals surface area contributed by atoms with E-state index in [1.807, 2.05) is 6.92 Å². The number of aryl methyl sites for hydroxylation is 2. The van der Waals surface area contributed by atoms with E-state index in [1.54, 1.807) is 12.1 Å². The van der Waals surface area contributed by atoms with Crippen LogP contribution in [0.15, 0.2) is 30.5 Å². The number of aliphatic hydroxyl groups is 1. The molecule has 0 aliphatic carbocycles. The lowest BCUT2D eigenvalue weighted by atomic mass is 10.0. The normalized spacial score (nSPS) is 12.5. The lowest BCUT2D eigenvalue weighted by Gasteiger charge is -2.13. The molecule has 0 saturated carbocycles.